The van der Waals surface area contributed by atoms with Gasteiger partial charge < -0.3 is 9.71 Å². The number of rotatable bonds is 7. The predicted octanol–water partition coefficient (Wildman–Crippen LogP) is 6.89. The highest BCUT2D eigenvalue weighted by atomic mass is 35.5. The molecule has 4 rings (SSSR count). The van der Waals surface area contributed by atoms with E-state index < -0.39 is 0 Å². The van der Waals surface area contributed by atoms with Crippen LogP contribution in [0, 0.1) is 6.92 Å². The Morgan fingerprint density at radius 3 is 2.70 bits per heavy atom. The zero-order chi connectivity index (χ0) is 21.1. The molecule has 0 unspecified atom stereocenters. The summed E-state index contributed by atoms with van der Waals surface area (Å²) >= 11 is 7.66. The van der Waals surface area contributed by atoms with Crippen molar-refractivity contribution in [2.75, 3.05) is 10.5 Å². The second-order valence-corrected chi connectivity index (χ2v) is 8.42. The molecule has 0 aliphatic carbocycles. The van der Waals surface area contributed by atoms with Crippen molar-refractivity contribution in [3.8, 4) is 11.1 Å². The molecule has 0 aliphatic rings. The molecule has 2 aromatic carbocycles. The summed E-state index contributed by atoms with van der Waals surface area (Å²) in [7, 11) is 0. The largest absolute Gasteiger partial charge is 0.345 e. The lowest BCUT2D eigenvalue weighted by atomic mass is 9.97. The van der Waals surface area contributed by atoms with Gasteiger partial charge in [-0.2, -0.15) is 0 Å². The second-order valence-electron chi connectivity index (χ2n) is 7.09. The molecule has 0 aliphatic heterocycles. The molecule has 2 aromatic heterocycles. The number of nitrogens with zero attached hydrogens (tertiary/aromatic N) is 1. The van der Waals surface area contributed by atoms with Gasteiger partial charge in [-0.1, -0.05) is 54.7 Å². The van der Waals surface area contributed by atoms with E-state index in [0.717, 1.165) is 39.9 Å². The summed E-state index contributed by atoms with van der Waals surface area (Å²) in [4.78, 5) is 21.1. The summed E-state index contributed by atoms with van der Waals surface area (Å²) in [5.41, 5.74) is 5.87. The number of ketones is 1. The van der Waals surface area contributed by atoms with Crippen LogP contribution in [0.2, 0.25) is 5.02 Å². The summed E-state index contributed by atoms with van der Waals surface area (Å²) in [6.45, 7) is 4.12. The van der Waals surface area contributed by atoms with Gasteiger partial charge in [0.25, 0.3) is 0 Å². The number of H-pyrrole nitrogens is 1. The highest BCUT2D eigenvalue weighted by Gasteiger charge is 2.18. The molecule has 0 saturated heterocycles. The van der Waals surface area contributed by atoms with Crippen LogP contribution in [0.1, 0.15) is 34.8 Å². The topological polar surface area (TPSA) is 57.8 Å². The van der Waals surface area contributed by atoms with Gasteiger partial charge in [-0.05, 0) is 48.7 Å². The third-order valence-electron chi connectivity index (χ3n) is 5.02. The standard InChI is InChI=1S/C24H22ClN3OS/c1-3-11-30-28-22-6-4-5-19(15(22)2)23(29)21-14-27-24-20(21)12-17(13-26-24)16-7-9-18(25)10-8-16/h4-10,12-14,28H,3,11H2,1-2H3,(H,26,27). The lowest BCUT2D eigenvalue weighted by Gasteiger charge is -2.12. The number of anilines is 1. The number of pyridine rings is 1. The Hall–Kier alpha value is -2.76. The number of carbonyl (C=O) groups excluding carboxylic acids is 1. The van der Waals surface area contributed by atoms with Crippen molar-refractivity contribution in [3.05, 3.63) is 82.6 Å². The SMILES string of the molecule is CCCSNc1cccc(C(=O)c2c[nH]c3ncc(-c4ccc(Cl)cc4)cc23)c1C. The van der Waals surface area contributed by atoms with E-state index >= 15 is 0 Å². The van der Waals surface area contributed by atoms with E-state index in [1.807, 2.05) is 55.5 Å². The van der Waals surface area contributed by atoms with Gasteiger partial charge in [-0.15, -0.1) is 0 Å². The van der Waals surface area contributed by atoms with E-state index in [2.05, 4.69) is 21.6 Å². The Kier molecular flexibility index (Phi) is 6.11. The molecule has 0 radical (unpaired) electrons. The average Bonchev–Trinajstić information content (AvgIpc) is 3.18. The predicted molar refractivity (Wildman–Crippen MR) is 128 cm³/mol. The van der Waals surface area contributed by atoms with Crippen LogP contribution < -0.4 is 4.72 Å². The maximum atomic E-state index is 13.4. The molecule has 4 nitrogen and oxygen atoms in total. The molecule has 0 fully saturated rings. The fourth-order valence-corrected chi connectivity index (χ4v) is 4.17. The fourth-order valence-electron chi connectivity index (χ4n) is 3.36. The van der Waals surface area contributed by atoms with Crippen LogP contribution in [0.5, 0.6) is 0 Å². The minimum absolute atomic E-state index is 0.0158. The minimum atomic E-state index is -0.0158. The van der Waals surface area contributed by atoms with Gasteiger partial charge in [0.1, 0.15) is 5.65 Å². The number of nitrogens with one attached hydrogen (secondary N) is 2. The van der Waals surface area contributed by atoms with E-state index in [-0.39, 0.29) is 5.78 Å². The summed E-state index contributed by atoms with van der Waals surface area (Å²) in [6.07, 6.45) is 4.64. The zero-order valence-electron chi connectivity index (χ0n) is 16.8. The smallest absolute Gasteiger partial charge is 0.195 e. The highest BCUT2D eigenvalue weighted by molar-refractivity contribution is 8.00. The van der Waals surface area contributed by atoms with Crippen LogP contribution in [-0.4, -0.2) is 21.5 Å². The van der Waals surface area contributed by atoms with Crippen LogP contribution in [-0.2, 0) is 0 Å². The van der Waals surface area contributed by atoms with Crippen molar-refractivity contribution in [1.82, 2.24) is 9.97 Å². The summed E-state index contributed by atoms with van der Waals surface area (Å²) in [5, 5.41) is 1.50. The third-order valence-corrected chi connectivity index (χ3v) is 6.25. The van der Waals surface area contributed by atoms with Crippen molar-refractivity contribution in [1.29, 1.82) is 0 Å². The van der Waals surface area contributed by atoms with Crippen LogP contribution in [0.15, 0.2) is 60.9 Å². The number of hydrogen-bond acceptors (Lipinski definition) is 4. The molecule has 2 heterocycles. The molecule has 0 atom stereocenters. The normalized spacial score (nSPS) is 11.0. The Morgan fingerprint density at radius 1 is 1.13 bits per heavy atom. The monoisotopic (exact) mass is 435 g/mol. The molecular formula is C24H22ClN3OS. The van der Waals surface area contributed by atoms with Gasteiger partial charge in [0, 0.05) is 50.9 Å². The maximum Gasteiger partial charge on any atom is 0.195 e. The van der Waals surface area contributed by atoms with Gasteiger partial charge in [0.05, 0.1) is 0 Å². The maximum absolute atomic E-state index is 13.4. The van der Waals surface area contributed by atoms with Crippen molar-refractivity contribution in [2.45, 2.75) is 20.3 Å². The molecule has 0 spiro atoms. The number of benzene rings is 2. The third kappa shape index (κ3) is 4.09. The van der Waals surface area contributed by atoms with Crippen molar-refractivity contribution < 1.29 is 4.79 Å². The lowest BCUT2D eigenvalue weighted by molar-refractivity contribution is 0.104. The van der Waals surface area contributed by atoms with E-state index in [1.54, 1.807) is 24.3 Å². The second kappa shape index (κ2) is 8.94. The van der Waals surface area contributed by atoms with Crippen molar-refractivity contribution in [3.63, 3.8) is 0 Å². The number of hydrogen-bond donors (Lipinski definition) is 2. The van der Waals surface area contributed by atoms with Crippen LogP contribution in [0.25, 0.3) is 22.2 Å². The molecule has 30 heavy (non-hydrogen) atoms. The Morgan fingerprint density at radius 2 is 1.93 bits per heavy atom. The first-order chi connectivity index (χ1) is 14.6. The number of halogens is 1. The Bertz CT molecular complexity index is 1200. The Labute approximate surface area is 185 Å². The molecule has 6 heteroatoms. The highest BCUT2D eigenvalue weighted by Crippen LogP contribution is 2.29. The van der Waals surface area contributed by atoms with E-state index in [1.165, 1.54) is 0 Å². The quantitative estimate of drug-likeness (QED) is 0.188. The van der Waals surface area contributed by atoms with E-state index in [0.29, 0.717) is 21.8 Å². The van der Waals surface area contributed by atoms with Gasteiger partial charge in [0.2, 0.25) is 0 Å². The molecular weight excluding hydrogens is 414 g/mol. The van der Waals surface area contributed by atoms with Crippen molar-refractivity contribution >= 4 is 46.1 Å². The van der Waals surface area contributed by atoms with Gasteiger partial charge >= 0.3 is 0 Å². The minimum Gasteiger partial charge on any atom is -0.345 e. The summed E-state index contributed by atoms with van der Waals surface area (Å²) < 4.78 is 3.36. The first-order valence-electron chi connectivity index (χ1n) is 9.83. The number of aromatic nitrogens is 2. The first kappa shape index (κ1) is 20.5. The van der Waals surface area contributed by atoms with Gasteiger partial charge in [-0.3, -0.25) is 4.79 Å². The van der Waals surface area contributed by atoms with Gasteiger partial charge in [-0.25, -0.2) is 4.98 Å². The average molecular weight is 436 g/mol. The van der Waals surface area contributed by atoms with Crippen LogP contribution >= 0.6 is 23.5 Å². The van der Waals surface area contributed by atoms with Crippen molar-refractivity contribution in [2.24, 2.45) is 0 Å². The van der Waals surface area contributed by atoms with E-state index in [9.17, 15) is 4.79 Å². The zero-order valence-corrected chi connectivity index (χ0v) is 18.4. The first-order valence-corrected chi connectivity index (χ1v) is 11.2. The number of carbonyl (C=O) groups is 1. The van der Waals surface area contributed by atoms with Crippen LogP contribution in [0.3, 0.4) is 0 Å². The lowest BCUT2D eigenvalue weighted by Crippen LogP contribution is -2.05. The molecule has 0 saturated carbocycles. The van der Waals surface area contributed by atoms with E-state index in [4.69, 9.17) is 11.6 Å². The molecule has 0 bridgehead atoms. The summed E-state index contributed by atoms with van der Waals surface area (Å²) in [5.74, 6) is 0.997. The Balaban J connectivity index is 1.71. The summed E-state index contributed by atoms with van der Waals surface area (Å²) in [6, 6.07) is 15.4. The number of aromatic amines is 1. The molecule has 4 aromatic rings. The molecule has 152 valence electrons. The van der Waals surface area contributed by atoms with Gasteiger partial charge in [0.15, 0.2) is 5.78 Å². The molecule has 2 N–H and O–H groups in total. The number of fused-ring (bicyclic) bond motifs is 1. The molecule has 0 amide bonds. The van der Waals surface area contributed by atoms with Crippen LogP contribution in [0.4, 0.5) is 5.69 Å². The fraction of sp³-hybridized carbons (Fsp3) is 0.167.